The molecule has 0 spiro atoms. The molecule has 2 saturated heterocycles. The van der Waals surface area contributed by atoms with Crippen LogP contribution in [0.3, 0.4) is 0 Å². The Labute approximate surface area is 445 Å². The highest BCUT2D eigenvalue weighted by molar-refractivity contribution is 7.98. The molecule has 10 rings (SSSR count). The standard InChI is InChI=1S/C24H27F3N6O4S2.C24H27F3N6O2S2/c1-13(2)20-29-21(37-31-20)32-9-7-15(8-10-32)14(3)36-23-30-33-12-19(28-22(33)38-23)17-6-5-16(39(4,34)35)11-18(17)24(25,26)27;1-13(2)20-29-21(35-31-20)32-9-7-15(8-10-32)14(3)34-23-30-33-12-19(28-22(33)37-23)17-6-5-16(36-4)11-18(17)24(25,26)27/h5-6,11-15H,7-10H2,1-4H3;5-6,11-15H,7-10H2,1-4H3. The highest BCUT2D eigenvalue weighted by atomic mass is 32.2. The first-order valence-electron chi connectivity index (χ1n) is 24.3. The Morgan fingerprint density at radius 1 is 0.645 bits per heavy atom. The van der Waals surface area contributed by atoms with Gasteiger partial charge in [-0.05, 0) is 105 Å². The Kier molecular flexibility index (Phi) is 15.7. The van der Waals surface area contributed by atoms with E-state index in [4.69, 9.17) is 18.5 Å². The zero-order valence-electron chi connectivity index (χ0n) is 42.5. The Hall–Kier alpha value is -6.00. The molecule has 2 fully saturated rings. The van der Waals surface area contributed by atoms with Gasteiger partial charge in [-0.2, -0.15) is 36.3 Å². The SMILES string of the molecule is CC(C)c1noc(N2CCC(C(C)Oc3nn4cc(-c5ccc(S(C)(=O)=O)cc5C(F)(F)F)nc4s3)CC2)n1.CSc1ccc(-c2cn3nc(OC(C)C4CCN(c5nc(C(C)C)no5)CC4)sc3n2)c(C(F)(F)F)c1. The van der Waals surface area contributed by atoms with Crippen molar-refractivity contribution < 1.29 is 53.3 Å². The molecule has 0 amide bonds. The molecule has 0 bridgehead atoms. The molecular formula is C48H54F6N12O6S4. The van der Waals surface area contributed by atoms with E-state index < -0.39 is 38.2 Å². The lowest BCUT2D eigenvalue weighted by atomic mass is 9.92. The molecular weight excluding hydrogens is 1080 g/mol. The van der Waals surface area contributed by atoms with E-state index in [9.17, 15) is 34.8 Å². The Morgan fingerprint density at radius 2 is 1.07 bits per heavy atom. The molecule has 2 aliphatic heterocycles. The lowest BCUT2D eigenvalue weighted by molar-refractivity contribution is -0.138. The second-order valence-electron chi connectivity index (χ2n) is 19.3. The van der Waals surface area contributed by atoms with Crippen molar-refractivity contribution in [1.82, 2.24) is 49.5 Å². The maximum absolute atomic E-state index is 13.7. The summed E-state index contributed by atoms with van der Waals surface area (Å²) in [6, 6.07) is 8.27. The van der Waals surface area contributed by atoms with Crippen LogP contribution in [0, 0.1) is 11.8 Å². The fourth-order valence-corrected chi connectivity index (χ4v) is 11.6. The van der Waals surface area contributed by atoms with E-state index in [1.165, 1.54) is 50.6 Å². The number of benzene rings is 2. The summed E-state index contributed by atoms with van der Waals surface area (Å²) in [6.07, 6.45) is -0.450. The number of aromatic nitrogens is 10. The number of sulfone groups is 1. The molecule has 2 atom stereocenters. The Morgan fingerprint density at radius 3 is 1.43 bits per heavy atom. The number of imidazole rings is 2. The summed E-state index contributed by atoms with van der Waals surface area (Å²) in [5.74, 6) is 2.38. The fraction of sp³-hybridized carbons (Fsp3) is 0.500. The molecule has 18 nitrogen and oxygen atoms in total. The largest absolute Gasteiger partial charge is 0.466 e. The van der Waals surface area contributed by atoms with E-state index in [0.717, 1.165) is 87.7 Å². The maximum Gasteiger partial charge on any atom is 0.417 e. The van der Waals surface area contributed by atoms with E-state index in [2.05, 4.69) is 50.2 Å². The number of piperidine rings is 2. The van der Waals surface area contributed by atoms with Crippen LogP contribution in [-0.2, 0) is 22.2 Å². The van der Waals surface area contributed by atoms with Gasteiger partial charge in [-0.25, -0.2) is 27.4 Å². The van der Waals surface area contributed by atoms with Crippen LogP contribution in [0.5, 0.6) is 10.4 Å². The third kappa shape index (κ3) is 12.2. The number of hydrogen-bond donors (Lipinski definition) is 0. The maximum atomic E-state index is 13.7. The van der Waals surface area contributed by atoms with Crippen molar-refractivity contribution in [1.29, 1.82) is 0 Å². The van der Waals surface area contributed by atoms with Crippen LogP contribution in [0.1, 0.15) is 102 Å². The van der Waals surface area contributed by atoms with Crippen LogP contribution >= 0.6 is 34.4 Å². The second-order valence-corrected chi connectivity index (χ2v) is 24.0. The monoisotopic (exact) mass is 1140 g/mol. The first kappa shape index (κ1) is 54.8. The average Bonchev–Trinajstić information content (AvgIpc) is 4.25. The molecule has 408 valence electrons. The number of hydrogen-bond acceptors (Lipinski definition) is 19. The van der Waals surface area contributed by atoms with Gasteiger partial charge in [0.2, 0.25) is 9.92 Å². The number of fused-ring (bicyclic) bond motifs is 2. The quantitative estimate of drug-likeness (QED) is 0.0735. The van der Waals surface area contributed by atoms with Gasteiger partial charge in [0.15, 0.2) is 21.5 Å². The summed E-state index contributed by atoms with van der Waals surface area (Å²) in [6.45, 7) is 15.1. The lowest BCUT2D eigenvalue weighted by Crippen LogP contribution is -2.38. The summed E-state index contributed by atoms with van der Waals surface area (Å²) in [5.41, 5.74) is -1.71. The molecule has 2 aromatic carbocycles. The third-order valence-corrected chi connectivity index (χ3v) is 16.7. The molecule has 0 aliphatic carbocycles. The van der Waals surface area contributed by atoms with Crippen molar-refractivity contribution in [3.8, 4) is 32.9 Å². The van der Waals surface area contributed by atoms with E-state index in [1.807, 2.05) is 41.5 Å². The molecule has 0 radical (unpaired) electrons. The van der Waals surface area contributed by atoms with Gasteiger partial charge < -0.3 is 28.3 Å². The van der Waals surface area contributed by atoms with Crippen molar-refractivity contribution in [2.75, 3.05) is 48.5 Å². The number of nitrogens with zero attached hydrogens (tertiary/aromatic N) is 12. The first-order valence-corrected chi connectivity index (χ1v) is 29.1. The summed E-state index contributed by atoms with van der Waals surface area (Å²) in [5, 5.41) is 17.6. The van der Waals surface area contributed by atoms with Gasteiger partial charge in [-0.15, -0.1) is 22.0 Å². The Bertz CT molecular complexity index is 3340. The number of rotatable bonds is 14. The smallest absolute Gasteiger partial charge is 0.417 e. The minimum absolute atomic E-state index is 0.0346. The number of ether oxygens (including phenoxy) is 2. The van der Waals surface area contributed by atoms with E-state index in [1.54, 1.807) is 12.3 Å². The van der Waals surface area contributed by atoms with Crippen molar-refractivity contribution in [2.24, 2.45) is 11.8 Å². The van der Waals surface area contributed by atoms with Crippen LogP contribution in [0.4, 0.5) is 38.4 Å². The molecule has 76 heavy (non-hydrogen) atoms. The highest BCUT2D eigenvalue weighted by Gasteiger charge is 2.37. The molecule has 0 saturated carbocycles. The molecule has 8 heterocycles. The van der Waals surface area contributed by atoms with Gasteiger partial charge in [0.25, 0.3) is 10.4 Å². The first-order chi connectivity index (χ1) is 35.9. The summed E-state index contributed by atoms with van der Waals surface area (Å²) in [7, 11) is -3.81. The van der Waals surface area contributed by atoms with Crippen LogP contribution < -0.4 is 19.3 Å². The number of thioether (sulfide) groups is 1. The van der Waals surface area contributed by atoms with Gasteiger partial charge >= 0.3 is 24.4 Å². The zero-order valence-corrected chi connectivity index (χ0v) is 45.7. The van der Waals surface area contributed by atoms with Crippen LogP contribution in [0.15, 0.2) is 67.6 Å². The van der Waals surface area contributed by atoms with Crippen LogP contribution in [-0.4, -0.2) is 109 Å². The second kappa shape index (κ2) is 21.8. The van der Waals surface area contributed by atoms with Gasteiger partial charge in [0.1, 0.15) is 12.2 Å². The van der Waals surface area contributed by atoms with E-state index in [-0.39, 0.29) is 52.5 Å². The van der Waals surface area contributed by atoms with Gasteiger partial charge in [-0.3, -0.25) is 0 Å². The molecule has 28 heteroatoms. The summed E-state index contributed by atoms with van der Waals surface area (Å²) in [4.78, 5) is 22.8. The van der Waals surface area contributed by atoms with E-state index >= 15 is 0 Å². The molecule has 2 unspecified atom stereocenters. The molecule has 8 aromatic rings. The number of alkyl halides is 6. The lowest BCUT2D eigenvalue weighted by Gasteiger charge is -2.33. The van der Waals surface area contributed by atoms with Gasteiger partial charge in [0, 0.05) is 60.3 Å². The summed E-state index contributed by atoms with van der Waals surface area (Å²) >= 11 is 3.61. The minimum atomic E-state index is -4.76. The highest BCUT2D eigenvalue weighted by Crippen LogP contribution is 2.41. The summed E-state index contributed by atoms with van der Waals surface area (Å²) < 4.78 is 132. The number of anilines is 2. The van der Waals surface area contributed by atoms with Crippen molar-refractivity contribution in [3.63, 3.8) is 0 Å². The van der Waals surface area contributed by atoms with Gasteiger partial charge in [-0.1, -0.05) is 50.1 Å². The number of halogens is 6. The predicted octanol–water partition coefficient (Wildman–Crippen LogP) is 11.5. The average molecular weight is 1140 g/mol. The molecule has 2 aliphatic rings. The third-order valence-electron chi connectivity index (χ3n) is 13.3. The van der Waals surface area contributed by atoms with E-state index in [0.29, 0.717) is 60.9 Å². The van der Waals surface area contributed by atoms with Crippen LogP contribution in [0.25, 0.3) is 32.4 Å². The molecule has 6 aromatic heterocycles. The minimum Gasteiger partial charge on any atom is -0.466 e. The van der Waals surface area contributed by atoms with Crippen molar-refractivity contribution in [2.45, 2.75) is 113 Å². The van der Waals surface area contributed by atoms with Crippen molar-refractivity contribution in [3.05, 3.63) is 71.6 Å². The molecule has 0 N–H and O–H groups in total. The van der Waals surface area contributed by atoms with Crippen LogP contribution in [0.2, 0.25) is 0 Å². The normalized spacial score (nSPS) is 16.3. The van der Waals surface area contributed by atoms with Crippen molar-refractivity contribution >= 4 is 66.2 Å². The predicted molar refractivity (Wildman–Crippen MR) is 274 cm³/mol. The topological polar surface area (TPSA) is 197 Å². The fourth-order valence-electron chi connectivity index (χ4n) is 8.85. The zero-order chi connectivity index (χ0) is 54.4. The Balaban J connectivity index is 0.000000186. The van der Waals surface area contributed by atoms with Gasteiger partial charge in [0.05, 0.1) is 39.8 Å².